The van der Waals surface area contributed by atoms with Crippen molar-refractivity contribution in [3.8, 4) is 11.5 Å². The van der Waals surface area contributed by atoms with Gasteiger partial charge in [-0.3, -0.25) is 4.98 Å². The minimum Gasteiger partial charge on any atom is -0.383 e. The molecule has 0 saturated carbocycles. The fourth-order valence-electron chi connectivity index (χ4n) is 2.03. The van der Waals surface area contributed by atoms with E-state index in [0.717, 1.165) is 28.9 Å². The summed E-state index contributed by atoms with van der Waals surface area (Å²) in [5, 5.41) is 0. The number of anilines is 1. The first kappa shape index (κ1) is 11.1. The monoisotopic (exact) mass is 242 g/mol. The highest BCUT2D eigenvalue weighted by Gasteiger charge is 2.17. The van der Waals surface area contributed by atoms with Crippen LogP contribution in [-0.4, -0.2) is 21.6 Å². The van der Waals surface area contributed by atoms with Gasteiger partial charge in [0.1, 0.15) is 11.5 Å². The van der Waals surface area contributed by atoms with Crippen LogP contribution in [0.25, 0.3) is 11.5 Å². The number of pyridine rings is 1. The molecule has 0 fully saturated rings. The zero-order chi connectivity index (χ0) is 12.5. The summed E-state index contributed by atoms with van der Waals surface area (Å²) in [6.45, 7) is 3.20. The molecule has 0 spiro atoms. The first-order valence-corrected chi connectivity index (χ1v) is 5.90. The number of nitrogen functional groups attached to an aromatic ring is 1. The van der Waals surface area contributed by atoms with Crippen LogP contribution in [0.15, 0.2) is 18.3 Å². The number of nitrogens with zero attached hydrogens (tertiary/aromatic N) is 3. The number of nitrogens with two attached hydrogens (primary N) is 1. The van der Waals surface area contributed by atoms with Crippen LogP contribution < -0.4 is 5.73 Å². The molecule has 92 valence electrons. The van der Waals surface area contributed by atoms with Gasteiger partial charge in [-0.15, -0.1) is 0 Å². The molecule has 0 aromatic carbocycles. The Morgan fingerprint density at radius 2 is 2.22 bits per heavy atom. The van der Waals surface area contributed by atoms with Crippen LogP contribution in [0, 0.1) is 6.92 Å². The lowest BCUT2D eigenvalue weighted by Crippen LogP contribution is -2.16. The summed E-state index contributed by atoms with van der Waals surface area (Å²) in [6.07, 6.45) is 2.54. The molecule has 5 nitrogen and oxygen atoms in total. The molecule has 0 amide bonds. The van der Waals surface area contributed by atoms with Crippen LogP contribution in [0.5, 0.6) is 0 Å². The maximum atomic E-state index is 5.96. The molecule has 0 atom stereocenters. The Kier molecular flexibility index (Phi) is 2.68. The first-order valence-electron chi connectivity index (χ1n) is 5.90. The summed E-state index contributed by atoms with van der Waals surface area (Å²) in [5.41, 5.74) is 9.74. The Balaban J connectivity index is 2.11. The Morgan fingerprint density at radius 3 is 3.06 bits per heavy atom. The largest absolute Gasteiger partial charge is 0.383 e. The van der Waals surface area contributed by atoms with Crippen LogP contribution >= 0.6 is 0 Å². The fraction of sp³-hybridized carbons (Fsp3) is 0.308. The van der Waals surface area contributed by atoms with Crippen molar-refractivity contribution in [1.82, 2.24) is 15.0 Å². The molecule has 1 aliphatic rings. The van der Waals surface area contributed by atoms with Gasteiger partial charge in [0.15, 0.2) is 5.82 Å². The van der Waals surface area contributed by atoms with E-state index in [4.69, 9.17) is 10.5 Å². The number of hydrogen-bond acceptors (Lipinski definition) is 5. The summed E-state index contributed by atoms with van der Waals surface area (Å²) < 4.78 is 5.37. The minimum absolute atomic E-state index is 0.498. The maximum Gasteiger partial charge on any atom is 0.180 e. The van der Waals surface area contributed by atoms with Gasteiger partial charge in [-0.05, 0) is 24.6 Å². The molecule has 2 aromatic heterocycles. The number of fused-ring (bicyclic) bond motifs is 1. The zero-order valence-corrected chi connectivity index (χ0v) is 10.2. The molecule has 18 heavy (non-hydrogen) atoms. The predicted octanol–water partition coefficient (Wildman–Crippen LogP) is 1.50. The number of ether oxygens (including phenoxy) is 1. The first-order chi connectivity index (χ1) is 8.74. The average molecular weight is 242 g/mol. The minimum atomic E-state index is 0.498. The fourth-order valence-corrected chi connectivity index (χ4v) is 2.03. The molecule has 0 saturated heterocycles. The van der Waals surface area contributed by atoms with Crippen molar-refractivity contribution < 1.29 is 4.74 Å². The predicted molar refractivity (Wildman–Crippen MR) is 67.8 cm³/mol. The van der Waals surface area contributed by atoms with E-state index in [9.17, 15) is 0 Å². The number of hydrogen-bond donors (Lipinski definition) is 1. The van der Waals surface area contributed by atoms with E-state index in [-0.39, 0.29) is 0 Å². The summed E-state index contributed by atoms with van der Waals surface area (Å²) in [7, 11) is 0. The smallest absolute Gasteiger partial charge is 0.180 e. The molecule has 0 radical (unpaired) electrons. The second-order valence-corrected chi connectivity index (χ2v) is 4.38. The molecule has 0 unspecified atom stereocenters. The van der Waals surface area contributed by atoms with E-state index < -0.39 is 0 Å². The SMILES string of the molecule is Cc1ccnc(-c2nc(N)c3c(n2)CCOC3)c1. The maximum absolute atomic E-state index is 5.96. The highest BCUT2D eigenvalue weighted by Crippen LogP contribution is 2.23. The van der Waals surface area contributed by atoms with Gasteiger partial charge in [0.25, 0.3) is 0 Å². The topological polar surface area (TPSA) is 73.9 Å². The lowest BCUT2D eigenvalue weighted by atomic mass is 10.1. The molecule has 2 N–H and O–H groups in total. The van der Waals surface area contributed by atoms with E-state index in [1.54, 1.807) is 6.20 Å². The number of rotatable bonds is 1. The lowest BCUT2D eigenvalue weighted by Gasteiger charge is -2.17. The van der Waals surface area contributed by atoms with E-state index in [1.807, 2.05) is 19.1 Å². The highest BCUT2D eigenvalue weighted by molar-refractivity contribution is 5.55. The van der Waals surface area contributed by atoms with Crippen molar-refractivity contribution in [2.24, 2.45) is 0 Å². The Bertz CT molecular complexity index is 598. The van der Waals surface area contributed by atoms with Crippen LogP contribution in [0.4, 0.5) is 5.82 Å². The van der Waals surface area contributed by atoms with E-state index >= 15 is 0 Å². The second kappa shape index (κ2) is 4.34. The lowest BCUT2D eigenvalue weighted by molar-refractivity contribution is 0.109. The molecule has 3 rings (SSSR count). The quantitative estimate of drug-likeness (QED) is 0.820. The van der Waals surface area contributed by atoms with Crippen molar-refractivity contribution >= 4 is 5.82 Å². The second-order valence-electron chi connectivity index (χ2n) is 4.38. The third-order valence-corrected chi connectivity index (χ3v) is 3.00. The molecule has 0 bridgehead atoms. The molecule has 5 heteroatoms. The summed E-state index contributed by atoms with van der Waals surface area (Å²) >= 11 is 0. The van der Waals surface area contributed by atoms with Crippen molar-refractivity contribution in [3.63, 3.8) is 0 Å². The summed E-state index contributed by atoms with van der Waals surface area (Å²) in [4.78, 5) is 13.2. The molecular weight excluding hydrogens is 228 g/mol. The molecule has 1 aliphatic heterocycles. The van der Waals surface area contributed by atoms with Gasteiger partial charge >= 0.3 is 0 Å². The van der Waals surface area contributed by atoms with Crippen LogP contribution in [0.1, 0.15) is 16.8 Å². The zero-order valence-electron chi connectivity index (χ0n) is 10.2. The van der Waals surface area contributed by atoms with E-state index in [2.05, 4.69) is 15.0 Å². The van der Waals surface area contributed by atoms with Crippen LogP contribution in [0.2, 0.25) is 0 Å². The van der Waals surface area contributed by atoms with E-state index in [0.29, 0.717) is 24.9 Å². The van der Waals surface area contributed by atoms with Crippen molar-refractivity contribution in [2.45, 2.75) is 20.0 Å². The van der Waals surface area contributed by atoms with Crippen molar-refractivity contribution in [3.05, 3.63) is 35.2 Å². The van der Waals surface area contributed by atoms with Crippen molar-refractivity contribution in [2.75, 3.05) is 12.3 Å². The van der Waals surface area contributed by atoms with Gasteiger partial charge < -0.3 is 10.5 Å². The third-order valence-electron chi connectivity index (χ3n) is 3.00. The van der Waals surface area contributed by atoms with Gasteiger partial charge in [-0.1, -0.05) is 0 Å². The van der Waals surface area contributed by atoms with Gasteiger partial charge in [0.2, 0.25) is 0 Å². The summed E-state index contributed by atoms with van der Waals surface area (Å²) in [6, 6.07) is 3.90. The normalized spacial score (nSPS) is 14.3. The number of aryl methyl sites for hydroxylation is 1. The standard InChI is InChI=1S/C13H14N4O/c1-8-2-4-15-11(6-8)13-16-10-3-5-18-7-9(10)12(14)17-13/h2,4,6H,3,5,7H2,1H3,(H2,14,16,17). The van der Waals surface area contributed by atoms with Gasteiger partial charge in [-0.2, -0.15) is 0 Å². The highest BCUT2D eigenvalue weighted by atomic mass is 16.5. The average Bonchev–Trinajstić information content (AvgIpc) is 2.39. The Hall–Kier alpha value is -2.01. The van der Waals surface area contributed by atoms with Gasteiger partial charge in [0, 0.05) is 18.2 Å². The Labute approximate surface area is 105 Å². The molecule has 2 aromatic rings. The molecular formula is C13H14N4O. The molecule has 3 heterocycles. The van der Waals surface area contributed by atoms with Crippen molar-refractivity contribution in [1.29, 1.82) is 0 Å². The van der Waals surface area contributed by atoms with Crippen LogP contribution in [0.3, 0.4) is 0 Å². The van der Waals surface area contributed by atoms with Gasteiger partial charge in [-0.25, -0.2) is 9.97 Å². The van der Waals surface area contributed by atoms with Gasteiger partial charge in [0.05, 0.1) is 18.9 Å². The van der Waals surface area contributed by atoms with Crippen LogP contribution in [-0.2, 0) is 17.8 Å². The molecule has 0 aliphatic carbocycles. The van der Waals surface area contributed by atoms with E-state index in [1.165, 1.54) is 0 Å². The Morgan fingerprint density at radius 1 is 1.33 bits per heavy atom. The third kappa shape index (κ3) is 1.93. The summed E-state index contributed by atoms with van der Waals surface area (Å²) in [5.74, 6) is 1.09. The number of aromatic nitrogens is 3.